The van der Waals surface area contributed by atoms with Gasteiger partial charge in [0.05, 0.1) is 10.2 Å². The SMILES string of the molecule is CC12SC(c3ccccc3)=CC1=C1C(=C(c3ccccc3)C2(c2ccccc2)c2ccccc2)C(F)(F)C(F)(F)C1(F)F. The minimum Gasteiger partial charge on any atom is -0.194 e. The van der Waals surface area contributed by atoms with E-state index in [1.807, 2.05) is 0 Å². The highest BCUT2D eigenvalue weighted by Crippen LogP contribution is 2.75. The summed E-state index contributed by atoms with van der Waals surface area (Å²) in [6.07, 6.45) is 1.42. The molecule has 4 aromatic carbocycles. The molecule has 7 rings (SSSR count). The number of alkyl halides is 6. The number of hydrogen-bond donors (Lipinski definition) is 0. The monoisotopic (exact) mass is 602 g/mol. The number of hydrogen-bond acceptors (Lipinski definition) is 1. The van der Waals surface area contributed by atoms with E-state index >= 15 is 26.3 Å². The van der Waals surface area contributed by atoms with Crippen molar-refractivity contribution >= 4 is 22.2 Å². The molecule has 0 bridgehead atoms. The zero-order chi connectivity index (χ0) is 30.3. The maximum atomic E-state index is 16.3. The van der Waals surface area contributed by atoms with Crippen molar-refractivity contribution in [3.63, 3.8) is 0 Å². The summed E-state index contributed by atoms with van der Waals surface area (Å²) in [5.41, 5.74) is -2.76. The summed E-state index contributed by atoms with van der Waals surface area (Å²) >= 11 is 1.24. The Labute approximate surface area is 249 Å². The standard InChI is InChI=1S/C36H24F6S/c1-32-27(22-28(43-32)23-14-6-2-7-15-23)30-31(35(39,40)36(41,42)34(30,37)38)29(24-16-8-3-9-17-24)33(32,25-18-10-4-11-19-25)26-20-12-5-13-21-26/h2-22H,1H3. The first-order chi connectivity index (χ1) is 20.5. The number of benzene rings is 4. The molecule has 1 saturated carbocycles. The third-order valence-electron chi connectivity index (χ3n) is 8.91. The van der Waals surface area contributed by atoms with E-state index in [4.69, 9.17) is 0 Å². The van der Waals surface area contributed by atoms with E-state index in [1.165, 1.54) is 30.0 Å². The minimum absolute atomic E-state index is 0.171. The van der Waals surface area contributed by atoms with Gasteiger partial charge in [-0.1, -0.05) is 121 Å². The first-order valence-corrected chi connectivity index (χ1v) is 14.6. The topological polar surface area (TPSA) is 0 Å². The second-order valence-corrected chi connectivity index (χ2v) is 12.6. The van der Waals surface area contributed by atoms with E-state index in [0.717, 1.165) is 0 Å². The van der Waals surface area contributed by atoms with Crippen molar-refractivity contribution < 1.29 is 26.3 Å². The van der Waals surface area contributed by atoms with Crippen LogP contribution in [0.15, 0.2) is 144 Å². The van der Waals surface area contributed by atoms with Gasteiger partial charge in [0, 0.05) is 16.1 Å². The minimum atomic E-state index is -5.66. The highest BCUT2D eigenvalue weighted by molar-refractivity contribution is 8.10. The number of thioether (sulfide) groups is 1. The van der Waals surface area contributed by atoms with Crippen LogP contribution in [-0.2, 0) is 5.41 Å². The molecule has 1 fully saturated rings. The van der Waals surface area contributed by atoms with Crippen molar-refractivity contribution in [1.82, 2.24) is 0 Å². The molecule has 1 atom stereocenters. The van der Waals surface area contributed by atoms with E-state index in [2.05, 4.69) is 0 Å². The molecular formula is C36H24F6S. The predicted octanol–water partition coefficient (Wildman–Crippen LogP) is 10.2. The van der Waals surface area contributed by atoms with Gasteiger partial charge in [-0.15, -0.1) is 11.8 Å². The Balaban J connectivity index is 1.75. The first-order valence-electron chi connectivity index (χ1n) is 13.8. The molecule has 0 saturated heterocycles. The number of rotatable bonds is 4. The molecule has 3 aliphatic rings. The molecule has 0 aromatic heterocycles. The summed E-state index contributed by atoms with van der Waals surface area (Å²) in [6.45, 7) is 1.72. The number of allylic oxidation sites excluding steroid dienone is 4. The molecule has 2 aliphatic carbocycles. The van der Waals surface area contributed by atoms with E-state index in [-0.39, 0.29) is 16.7 Å². The summed E-state index contributed by atoms with van der Waals surface area (Å²) in [4.78, 5) is 0.532. The molecule has 4 aromatic rings. The molecule has 1 heterocycles. The molecule has 0 spiro atoms. The lowest BCUT2D eigenvalue weighted by atomic mass is 9.53. The molecule has 216 valence electrons. The van der Waals surface area contributed by atoms with Gasteiger partial charge in [-0.25, -0.2) is 0 Å². The van der Waals surface area contributed by atoms with Crippen molar-refractivity contribution in [1.29, 1.82) is 0 Å². The summed E-state index contributed by atoms with van der Waals surface area (Å²) in [6, 6.07) is 34.5. The fourth-order valence-electron chi connectivity index (χ4n) is 7.09. The molecule has 1 aliphatic heterocycles. The van der Waals surface area contributed by atoms with Gasteiger partial charge in [0.1, 0.15) is 0 Å². The zero-order valence-corrected chi connectivity index (χ0v) is 23.6. The van der Waals surface area contributed by atoms with Crippen LogP contribution in [0, 0.1) is 0 Å². The van der Waals surface area contributed by atoms with Gasteiger partial charge in [-0.05, 0) is 46.4 Å². The van der Waals surface area contributed by atoms with Crippen molar-refractivity contribution in [3.8, 4) is 0 Å². The highest BCUT2D eigenvalue weighted by atomic mass is 32.2. The van der Waals surface area contributed by atoms with Gasteiger partial charge < -0.3 is 0 Å². The van der Waals surface area contributed by atoms with E-state index < -0.39 is 39.1 Å². The maximum absolute atomic E-state index is 16.3. The van der Waals surface area contributed by atoms with Crippen LogP contribution < -0.4 is 0 Å². The molecule has 0 radical (unpaired) electrons. The lowest BCUT2D eigenvalue weighted by molar-refractivity contribution is -0.257. The van der Waals surface area contributed by atoms with Crippen LogP contribution in [0.1, 0.15) is 29.2 Å². The molecule has 7 heteroatoms. The molecule has 0 amide bonds. The smallest absolute Gasteiger partial charge is 0.194 e. The second kappa shape index (κ2) is 9.26. The van der Waals surface area contributed by atoms with Crippen LogP contribution in [0.25, 0.3) is 10.5 Å². The van der Waals surface area contributed by atoms with Crippen LogP contribution in [0.2, 0.25) is 0 Å². The normalized spacial score (nSPS) is 24.4. The first kappa shape index (κ1) is 27.8. The van der Waals surface area contributed by atoms with Gasteiger partial charge in [-0.3, -0.25) is 0 Å². The lowest BCUT2D eigenvalue weighted by Crippen LogP contribution is -2.52. The molecule has 0 nitrogen and oxygen atoms in total. The summed E-state index contributed by atoms with van der Waals surface area (Å²) in [5.74, 6) is -16.0. The Morgan fingerprint density at radius 3 is 1.40 bits per heavy atom. The predicted molar refractivity (Wildman–Crippen MR) is 159 cm³/mol. The lowest BCUT2D eigenvalue weighted by Gasteiger charge is -2.53. The zero-order valence-electron chi connectivity index (χ0n) is 22.8. The quantitative estimate of drug-likeness (QED) is 0.210. The Hall–Kier alpha value is -3.97. The summed E-state index contributed by atoms with van der Waals surface area (Å²) in [7, 11) is 0. The van der Waals surface area contributed by atoms with Crippen LogP contribution >= 0.6 is 11.8 Å². The van der Waals surface area contributed by atoms with Crippen molar-refractivity contribution in [2.75, 3.05) is 0 Å². The van der Waals surface area contributed by atoms with Crippen LogP contribution in [0.4, 0.5) is 26.3 Å². The average molecular weight is 603 g/mol. The van der Waals surface area contributed by atoms with Crippen molar-refractivity contribution in [2.24, 2.45) is 0 Å². The van der Waals surface area contributed by atoms with Gasteiger partial charge in [0.25, 0.3) is 0 Å². The Morgan fingerprint density at radius 1 is 0.488 bits per heavy atom. The average Bonchev–Trinajstić information content (AvgIpc) is 3.43. The number of halogens is 6. The number of fused-ring (bicyclic) bond motifs is 2. The second-order valence-electron chi connectivity index (χ2n) is 11.1. The van der Waals surface area contributed by atoms with Crippen molar-refractivity contribution in [3.05, 3.63) is 166 Å². The maximum Gasteiger partial charge on any atom is 0.380 e. The van der Waals surface area contributed by atoms with Gasteiger partial charge in [0.15, 0.2) is 0 Å². The fourth-order valence-corrected chi connectivity index (χ4v) is 8.72. The van der Waals surface area contributed by atoms with Crippen molar-refractivity contribution in [2.45, 2.75) is 34.9 Å². The van der Waals surface area contributed by atoms with E-state index in [0.29, 0.717) is 21.6 Å². The molecular weight excluding hydrogens is 578 g/mol. The summed E-state index contributed by atoms with van der Waals surface area (Å²) in [5, 5.41) is 0. The fraction of sp³-hybridized carbons (Fsp3) is 0.167. The Kier molecular flexibility index (Phi) is 6.00. The largest absolute Gasteiger partial charge is 0.380 e. The molecule has 0 N–H and O–H groups in total. The van der Waals surface area contributed by atoms with Crippen LogP contribution in [-0.4, -0.2) is 22.5 Å². The summed E-state index contributed by atoms with van der Waals surface area (Å²) < 4.78 is 94.4. The third-order valence-corrected chi connectivity index (χ3v) is 10.4. The third kappa shape index (κ3) is 3.43. The van der Waals surface area contributed by atoms with Gasteiger partial charge in [0.2, 0.25) is 0 Å². The molecule has 1 unspecified atom stereocenters. The molecule has 43 heavy (non-hydrogen) atoms. The Morgan fingerprint density at radius 2 is 0.907 bits per heavy atom. The van der Waals surface area contributed by atoms with Crippen LogP contribution in [0.3, 0.4) is 0 Å². The highest BCUT2D eigenvalue weighted by Gasteiger charge is 2.84. The van der Waals surface area contributed by atoms with Crippen LogP contribution in [0.5, 0.6) is 0 Å². The van der Waals surface area contributed by atoms with E-state index in [9.17, 15) is 0 Å². The van der Waals surface area contributed by atoms with Gasteiger partial charge >= 0.3 is 17.8 Å². The van der Waals surface area contributed by atoms with E-state index in [1.54, 1.807) is 116 Å². The Bertz CT molecular complexity index is 1770. The van der Waals surface area contributed by atoms with Gasteiger partial charge in [-0.2, -0.15) is 26.3 Å².